The van der Waals surface area contributed by atoms with E-state index in [0.717, 1.165) is 53.2 Å². The second-order valence-electron chi connectivity index (χ2n) is 4.73. The lowest BCUT2D eigenvalue weighted by molar-refractivity contribution is -0.0191. The predicted octanol–water partition coefficient (Wildman–Crippen LogP) is 3.35. The van der Waals surface area contributed by atoms with Crippen LogP contribution in [0.5, 0.6) is 5.75 Å². The molecule has 1 unspecified atom stereocenters. The van der Waals surface area contributed by atoms with Crippen LogP contribution in [0.2, 0.25) is 0 Å². The Hall–Kier alpha value is -0.300. The minimum absolute atomic E-state index is 0.227. The first-order chi connectivity index (χ1) is 9.63. The molecule has 20 heavy (non-hydrogen) atoms. The third-order valence-corrected chi connectivity index (χ3v) is 4.71. The molecule has 1 aromatic rings. The van der Waals surface area contributed by atoms with E-state index in [4.69, 9.17) is 9.47 Å². The van der Waals surface area contributed by atoms with E-state index in [2.05, 4.69) is 49.0 Å². The van der Waals surface area contributed by atoms with Crippen molar-refractivity contribution in [1.82, 2.24) is 4.90 Å². The van der Waals surface area contributed by atoms with Gasteiger partial charge in [0.15, 0.2) is 0 Å². The van der Waals surface area contributed by atoms with Crippen molar-refractivity contribution in [2.24, 2.45) is 0 Å². The van der Waals surface area contributed by atoms with Gasteiger partial charge in [-0.1, -0.05) is 6.92 Å². The maximum atomic E-state index is 5.79. The average molecular weight is 408 g/mol. The fraction of sp³-hybridized carbons (Fsp3) is 0.571. The number of ether oxygens (including phenoxy) is 2. The number of anilines is 1. The Morgan fingerprint density at radius 2 is 2.20 bits per heavy atom. The molecular weight excluding hydrogens is 388 g/mol. The van der Waals surface area contributed by atoms with E-state index < -0.39 is 0 Å². The van der Waals surface area contributed by atoms with Gasteiger partial charge in [-0.15, -0.1) is 0 Å². The maximum Gasteiger partial charge on any atom is 0.135 e. The lowest BCUT2D eigenvalue weighted by Gasteiger charge is -2.32. The zero-order valence-corrected chi connectivity index (χ0v) is 15.0. The van der Waals surface area contributed by atoms with E-state index in [1.165, 1.54) is 0 Å². The standard InChI is InChI=1S/C14H20Br2N2O2/c1-3-18-4-5-20-10(9-18)8-17-13-7-14(19-2)12(16)6-11(13)15/h6-7,10,17H,3-5,8-9H2,1-2H3. The van der Waals surface area contributed by atoms with Crippen molar-refractivity contribution < 1.29 is 9.47 Å². The number of nitrogens with zero attached hydrogens (tertiary/aromatic N) is 1. The minimum Gasteiger partial charge on any atom is -0.495 e. The molecule has 1 fully saturated rings. The first-order valence-electron chi connectivity index (χ1n) is 6.75. The normalized spacial score (nSPS) is 19.9. The van der Waals surface area contributed by atoms with Gasteiger partial charge in [-0.05, 0) is 44.5 Å². The molecule has 1 atom stereocenters. The number of hydrogen-bond acceptors (Lipinski definition) is 4. The van der Waals surface area contributed by atoms with Crippen LogP contribution in [0.3, 0.4) is 0 Å². The van der Waals surface area contributed by atoms with Crippen molar-refractivity contribution >= 4 is 37.5 Å². The molecule has 0 aliphatic carbocycles. The van der Waals surface area contributed by atoms with Crippen LogP contribution in [0.25, 0.3) is 0 Å². The number of likely N-dealkylation sites (N-methyl/N-ethyl adjacent to an activating group) is 1. The van der Waals surface area contributed by atoms with Gasteiger partial charge >= 0.3 is 0 Å². The fourth-order valence-electron chi connectivity index (χ4n) is 2.24. The van der Waals surface area contributed by atoms with E-state index in [0.29, 0.717) is 0 Å². The van der Waals surface area contributed by atoms with E-state index in [-0.39, 0.29) is 6.10 Å². The fourth-order valence-corrected chi connectivity index (χ4v) is 3.53. The zero-order chi connectivity index (χ0) is 14.5. The predicted molar refractivity (Wildman–Crippen MR) is 88.7 cm³/mol. The number of hydrogen-bond donors (Lipinski definition) is 1. The second kappa shape index (κ2) is 7.64. The molecule has 112 valence electrons. The van der Waals surface area contributed by atoms with Crippen LogP contribution in [-0.4, -0.2) is 50.9 Å². The highest BCUT2D eigenvalue weighted by atomic mass is 79.9. The largest absolute Gasteiger partial charge is 0.495 e. The van der Waals surface area contributed by atoms with Gasteiger partial charge in [0.1, 0.15) is 5.75 Å². The van der Waals surface area contributed by atoms with Gasteiger partial charge in [0, 0.05) is 30.2 Å². The molecule has 1 N–H and O–H groups in total. The van der Waals surface area contributed by atoms with Crippen LogP contribution in [0.4, 0.5) is 5.69 Å². The average Bonchev–Trinajstić information content (AvgIpc) is 2.46. The summed E-state index contributed by atoms with van der Waals surface area (Å²) in [5, 5.41) is 3.43. The molecule has 1 heterocycles. The molecule has 1 aliphatic rings. The minimum atomic E-state index is 0.227. The maximum absolute atomic E-state index is 5.79. The molecular formula is C14H20Br2N2O2. The molecule has 0 bridgehead atoms. The van der Waals surface area contributed by atoms with Gasteiger partial charge in [-0.3, -0.25) is 4.90 Å². The summed E-state index contributed by atoms with van der Waals surface area (Å²) in [5.41, 5.74) is 1.02. The Kier molecular flexibility index (Phi) is 6.14. The number of methoxy groups -OCH3 is 1. The quantitative estimate of drug-likeness (QED) is 0.811. The first-order valence-corrected chi connectivity index (χ1v) is 8.33. The Morgan fingerprint density at radius 3 is 2.90 bits per heavy atom. The Morgan fingerprint density at radius 1 is 1.40 bits per heavy atom. The van der Waals surface area contributed by atoms with E-state index >= 15 is 0 Å². The van der Waals surface area contributed by atoms with Gasteiger partial charge in [0.05, 0.1) is 30.0 Å². The van der Waals surface area contributed by atoms with Gasteiger partial charge in [-0.2, -0.15) is 0 Å². The Balaban J connectivity index is 1.96. The highest BCUT2D eigenvalue weighted by Gasteiger charge is 2.19. The van der Waals surface area contributed by atoms with Crippen LogP contribution < -0.4 is 10.1 Å². The molecule has 4 nitrogen and oxygen atoms in total. The molecule has 0 amide bonds. The summed E-state index contributed by atoms with van der Waals surface area (Å²) in [6, 6.07) is 3.97. The molecule has 0 spiro atoms. The van der Waals surface area contributed by atoms with Crippen LogP contribution in [0, 0.1) is 0 Å². The number of benzene rings is 1. The summed E-state index contributed by atoms with van der Waals surface area (Å²) < 4.78 is 13.1. The third-order valence-electron chi connectivity index (χ3n) is 3.43. The number of morpholine rings is 1. The molecule has 0 radical (unpaired) electrons. The van der Waals surface area contributed by atoms with Crippen molar-refractivity contribution in [1.29, 1.82) is 0 Å². The summed E-state index contributed by atoms with van der Waals surface area (Å²) in [6.07, 6.45) is 0.227. The van der Waals surface area contributed by atoms with Crippen molar-refractivity contribution in [3.63, 3.8) is 0 Å². The monoisotopic (exact) mass is 406 g/mol. The molecule has 6 heteroatoms. The van der Waals surface area contributed by atoms with Crippen LogP contribution in [0.15, 0.2) is 21.1 Å². The highest BCUT2D eigenvalue weighted by Crippen LogP contribution is 2.34. The van der Waals surface area contributed by atoms with Gasteiger partial charge in [0.25, 0.3) is 0 Å². The number of rotatable bonds is 5. The Bertz CT molecular complexity index is 457. The summed E-state index contributed by atoms with van der Waals surface area (Å²) in [7, 11) is 1.67. The SMILES string of the molecule is CCN1CCOC(CNc2cc(OC)c(Br)cc2Br)C1. The van der Waals surface area contributed by atoms with Crippen LogP contribution in [0.1, 0.15) is 6.92 Å². The number of halogens is 2. The summed E-state index contributed by atoms with van der Waals surface area (Å²) in [4.78, 5) is 2.41. The van der Waals surface area contributed by atoms with Crippen molar-refractivity contribution in [3.05, 3.63) is 21.1 Å². The van der Waals surface area contributed by atoms with E-state index in [1.807, 2.05) is 12.1 Å². The topological polar surface area (TPSA) is 33.7 Å². The third kappa shape index (κ3) is 4.10. The smallest absolute Gasteiger partial charge is 0.135 e. The molecule has 1 aliphatic heterocycles. The molecule has 1 saturated heterocycles. The van der Waals surface area contributed by atoms with Crippen LogP contribution in [-0.2, 0) is 4.74 Å². The lowest BCUT2D eigenvalue weighted by Crippen LogP contribution is -2.45. The second-order valence-corrected chi connectivity index (χ2v) is 6.44. The Labute approximate surface area is 137 Å². The van der Waals surface area contributed by atoms with E-state index in [9.17, 15) is 0 Å². The zero-order valence-electron chi connectivity index (χ0n) is 11.8. The van der Waals surface area contributed by atoms with Gasteiger partial charge < -0.3 is 14.8 Å². The van der Waals surface area contributed by atoms with Crippen molar-refractivity contribution in [2.45, 2.75) is 13.0 Å². The molecule has 1 aromatic carbocycles. The summed E-state index contributed by atoms with van der Waals surface area (Å²) in [6.45, 7) is 6.88. The molecule has 0 aromatic heterocycles. The molecule has 0 saturated carbocycles. The number of nitrogens with one attached hydrogen (secondary N) is 1. The molecule has 2 rings (SSSR count). The van der Waals surface area contributed by atoms with Crippen LogP contribution >= 0.6 is 31.9 Å². The van der Waals surface area contributed by atoms with Crippen molar-refractivity contribution in [2.75, 3.05) is 45.2 Å². The highest BCUT2D eigenvalue weighted by molar-refractivity contribution is 9.11. The lowest BCUT2D eigenvalue weighted by atomic mass is 10.2. The first kappa shape index (κ1) is 16.1. The summed E-state index contributed by atoms with van der Waals surface area (Å²) in [5.74, 6) is 0.815. The van der Waals surface area contributed by atoms with Crippen molar-refractivity contribution in [3.8, 4) is 5.75 Å². The van der Waals surface area contributed by atoms with Gasteiger partial charge in [0.2, 0.25) is 0 Å². The van der Waals surface area contributed by atoms with E-state index in [1.54, 1.807) is 7.11 Å². The summed E-state index contributed by atoms with van der Waals surface area (Å²) >= 11 is 7.03. The van der Waals surface area contributed by atoms with Gasteiger partial charge in [-0.25, -0.2) is 0 Å².